The van der Waals surface area contributed by atoms with Gasteiger partial charge in [-0.2, -0.15) is 11.3 Å². The van der Waals surface area contributed by atoms with Crippen LogP contribution in [0.4, 0.5) is 0 Å². The van der Waals surface area contributed by atoms with Gasteiger partial charge in [0.2, 0.25) is 5.91 Å². The lowest BCUT2D eigenvalue weighted by Gasteiger charge is -2.28. The topological polar surface area (TPSA) is 32.3 Å². The Morgan fingerprint density at radius 2 is 2.19 bits per heavy atom. The molecule has 4 heteroatoms. The maximum atomic E-state index is 12.5. The van der Waals surface area contributed by atoms with Crippen molar-refractivity contribution in [2.75, 3.05) is 13.1 Å². The molecular weight excluding hydrogens is 280 g/mol. The molecule has 0 saturated carbocycles. The number of carbonyl (C=O) groups excluding carboxylic acids is 1. The molecule has 0 spiro atoms. The van der Waals surface area contributed by atoms with E-state index in [0.717, 1.165) is 25.2 Å². The van der Waals surface area contributed by atoms with Crippen molar-refractivity contribution >= 4 is 17.2 Å². The van der Waals surface area contributed by atoms with Gasteiger partial charge in [-0.05, 0) is 33.5 Å². The molecule has 2 aliphatic heterocycles. The van der Waals surface area contributed by atoms with Gasteiger partial charge in [-0.1, -0.05) is 24.3 Å². The lowest BCUT2D eigenvalue weighted by molar-refractivity contribution is -0.129. The van der Waals surface area contributed by atoms with Crippen molar-refractivity contribution in [1.29, 1.82) is 0 Å². The standard InChI is InChI=1S/C17H18N2OS/c20-17(7-12-5-6-21-11-12)19-9-15-14-4-2-1-3-13(14)8-18-16(15)10-19/h1-6,11,15-16,18H,7-10H2/t15-,16-/m0/s1. The van der Waals surface area contributed by atoms with Gasteiger partial charge in [-0.3, -0.25) is 4.79 Å². The minimum Gasteiger partial charge on any atom is -0.340 e. The summed E-state index contributed by atoms with van der Waals surface area (Å²) in [5.41, 5.74) is 3.94. The number of hydrogen-bond donors (Lipinski definition) is 1. The Hall–Kier alpha value is -1.65. The zero-order valence-corrected chi connectivity index (χ0v) is 12.6. The van der Waals surface area contributed by atoms with Crippen LogP contribution >= 0.6 is 11.3 Å². The van der Waals surface area contributed by atoms with Gasteiger partial charge in [0.15, 0.2) is 0 Å². The zero-order valence-electron chi connectivity index (χ0n) is 11.8. The van der Waals surface area contributed by atoms with Crippen molar-refractivity contribution in [3.8, 4) is 0 Å². The minimum absolute atomic E-state index is 0.252. The first-order valence-electron chi connectivity index (χ1n) is 7.41. The summed E-state index contributed by atoms with van der Waals surface area (Å²) in [4.78, 5) is 14.5. The van der Waals surface area contributed by atoms with Gasteiger partial charge in [-0.15, -0.1) is 0 Å². The molecule has 2 aliphatic rings. The number of thiophene rings is 1. The Balaban J connectivity index is 1.51. The highest BCUT2D eigenvalue weighted by Gasteiger charge is 2.38. The SMILES string of the molecule is O=C(Cc1ccsc1)N1C[C@@H]2NCc3ccccc3[C@@H]2C1. The van der Waals surface area contributed by atoms with E-state index in [0.29, 0.717) is 18.4 Å². The fourth-order valence-corrected chi connectivity index (χ4v) is 4.18. The molecule has 21 heavy (non-hydrogen) atoms. The summed E-state index contributed by atoms with van der Waals surface area (Å²) in [7, 11) is 0. The van der Waals surface area contributed by atoms with Crippen molar-refractivity contribution in [2.45, 2.75) is 24.9 Å². The Morgan fingerprint density at radius 3 is 3.05 bits per heavy atom. The number of hydrogen-bond acceptors (Lipinski definition) is 3. The Kier molecular flexibility index (Phi) is 3.28. The molecule has 4 rings (SSSR count). The molecule has 1 aromatic carbocycles. The van der Waals surface area contributed by atoms with Crippen LogP contribution in [-0.4, -0.2) is 29.9 Å². The number of nitrogens with one attached hydrogen (secondary N) is 1. The molecule has 1 amide bonds. The van der Waals surface area contributed by atoms with Gasteiger partial charge in [0.25, 0.3) is 0 Å². The number of likely N-dealkylation sites (tertiary alicyclic amines) is 1. The van der Waals surface area contributed by atoms with Gasteiger partial charge in [-0.25, -0.2) is 0 Å². The lowest BCUT2D eigenvalue weighted by Crippen LogP contribution is -2.39. The zero-order chi connectivity index (χ0) is 14.2. The molecule has 1 fully saturated rings. The molecule has 2 aromatic rings. The third kappa shape index (κ3) is 2.39. The average Bonchev–Trinajstić information content (AvgIpc) is 3.15. The van der Waals surface area contributed by atoms with E-state index in [1.54, 1.807) is 11.3 Å². The van der Waals surface area contributed by atoms with E-state index >= 15 is 0 Å². The molecule has 0 bridgehead atoms. The van der Waals surface area contributed by atoms with Crippen LogP contribution in [0.15, 0.2) is 41.1 Å². The third-order valence-electron chi connectivity index (χ3n) is 4.62. The second kappa shape index (κ2) is 5.28. The summed E-state index contributed by atoms with van der Waals surface area (Å²) in [5, 5.41) is 7.69. The Bertz CT molecular complexity index is 653. The molecule has 0 aliphatic carbocycles. The van der Waals surface area contributed by atoms with Crippen LogP contribution in [0.2, 0.25) is 0 Å². The summed E-state index contributed by atoms with van der Waals surface area (Å²) < 4.78 is 0. The summed E-state index contributed by atoms with van der Waals surface area (Å²) >= 11 is 1.65. The second-order valence-electron chi connectivity index (χ2n) is 5.90. The van der Waals surface area contributed by atoms with E-state index < -0.39 is 0 Å². The van der Waals surface area contributed by atoms with Gasteiger partial charge in [0.1, 0.15) is 0 Å². The van der Waals surface area contributed by atoms with E-state index in [4.69, 9.17) is 0 Å². The smallest absolute Gasteiger partial charge is 0.227 e. The first-order valence-corrected chi connectivity index (χ1v) is 8.35. The van der Waals surface area contributed by atoms with Crippen LogP contribution in [0.5, 0.6) is 0 Å². The van der Waals surface area contributed by atoms with Crippen LogP contribution in [0.1, 0.15) is 22.6 Å². The maximum Gasteiger partial charge on any atom is 0.227 e. The molecule has 0 radical (unpaired) electrons. The number of carbonyl (C=O) groups is 1. The van der Waals surface area contributed by atoms with Crippen molar-refractivity contribution in [3.05, 3.63) is 57.8 Å². The molecule has 3 nitrogen and oxygen atoms in total. The number of fused-ring (bicyclic) bond motifs is 3. The van der Waals surface area contributed by atoms with E-state index in [-0.39, 0.29) is 5.91 Å². The first-order chi connectivity index (χ1) is 10.3. The van der Waals surface area contributed by atoms with Crippen molar-refractivity contribution in [1.82, 2.24) is 10.2 Å². The third-order valence-corrected chi connectivity index (χ3v) is 5.35. The first kappa shape index (κ1) is 13.0. The minimum atomic E-state index is 0.252. The van der Waals surface area contributed by atoms with Gasteiger partial charge >= 0.3 is 0 Å². The number of benzene rings is 1. The lowest BCUT2D eigenvalue weighted by atomic mass is 9.87. The maximum absolute atomic E-state index is 12.5. The molecule has 1 saturated heterocycles. The fraction of sp³-hybridized carbons (Fsp3) is 0.353. The normalized spacial score (nSPS) is 23.7. The number of amides is 1. The Morgan fingerprint density at radius 1 is 1.29 bits per heavy atom. The van der Waals surface area contributed by atoms with Crippen LogP contribution in [0.3, 0.4) is 0 Å². The molecule has 2 atom stereocenters. The molecular formula is C17H18N2OS. The van der Waals surface area contributed by atoms with Crippen molar-refractivity contribution < 1.29 is 4.79 Å². The highest BCUT2D eigenvalue weighted by molar-refractivity contribution is 7.07. The number of rotatable bonds is 2. The monoisotopic (exact) mass is 298 g/mol. The highest BCUT2D eigenvalue weighted by atomic mass is 32.1. The fourth-order valence-electron chi connectivity index (χ4n) is 3.51. The van der Waals surface area contributed by atoms with Crippen molar-refractivity contribution in [2.24, 2.45) is 0 Å². The van der Waals surface area contributed by atoms with Crippen LogP contribution in [0.25, 0.3) is 0 Å². The highest BCUT2D eigenvalue weighted by Crippen LogP contribution is 2.33. The predicted octanol–water partition coefficient (Wildman–Crippen LogP) is 2.39. The van der Waals surface area contributed by atoms with Crippen LogP contribution in [0, 0.1) is 0 Å². The van der Waals surface area contributed by atoms with Crippen LogP contribution < -0.4 is 5.32 Å². The Labute approximate surface area is 128 Å². The summed E-state index contributed by atoms with van der Waals surface area (Å²) in [5.74, 6) is 0.698. The summed E-state index contributed by atoms with van der Waals surface area (Å²) in [6, 6.07) is 11.1. The van der Waals surface area contributed by atoms with Gasteiger partial charge in [0.05, 0.1) is 6.42 Å². The largest absolute Gasteiger partial charge is 0.340 e. The second-order valence-corrected chi connectivity index (χ2v) is 6.68. The van der Waals surface area contributed by atoms with Gasteiger partial charge in [0, 0.05) is 31.6 Å². The average molecular weight is 298 g/mol. The predicted molar refractivity (Wildman–Crippen MR) is 84.4 cm³/mol. The van der Waals surface area contributed by atoms with Gasteiger partial charge < -0.3 is 10.2 Å². The molecule has 1 N–H and O–H groups in total. The summed E-state index contributed by atoms with van der Waals surface area (Å²) in [6.07, 6.45) is 0.532. The van der Waals surface area contributed by atoms with Crippen LogP contribution in [-0.2, 0) is 17.8 Å². The van der Waals surface area contributed by atoms with E-state index in [1.807, 2.05) is 16.3 Å². The van der Waals surface area contributed by atoms with E-state index in [9.17, 15) is 4.79 Å². The summed E-state index contributed by atoms with van der Waals surface area (Å²) in [6.45, 7) is 2.60. The van der Waals surface area contributed by atoms with E-state index in [1.165, 1.54) is 11.1 Å². The molecule has 1 aromatic heterocycles. The molecule has 108 valence electrons. The quantitative estimate of drug-likeness (QED) is 0.923. The number of nitrogens with zero attached hydrogens (tertiary/aromatic N) is 1. The van der Waals surface area contributed by atoms with Crippen molar-refractivity contribution in [3.63, 3.8) is 0 Å². The molecule has 0 unspecified atom stereocenters. The molecule has 3 heterocycles. The van der Waals surface area contributed by atoms with E-state index in [2.05, 4.69) is 35.0 Å².